The number of anilines is 1. The van der Waals surface area contributed by atoms with Crippen LogP contribution in [0.3, 0.4) is 0 Å². The van der Waals surface area contributed by atoms with Gasteiger partial charge >= 0.3 is 0 Å². The summed E-state index contributed by atoms with van der Waals surface area (Å²) in [5, 5.41) is 0. The number of pyridine rings is 1. The van der Waals surface area contributed by atoms with E-state index < -0.39 is 0 Å². The number of nitrogen functional groups attached to an aromatic ring is 1. The van der Waals surface area contributed by atoms with Gasteiger partial charge in [-0.2, -0.15) is 0 Å². The first-order chi connectivity index (χ1) is 9.52. The molecule has 20 heavy (non-hydrogen) atoms. The molecule has 0 aromatic carbocycles. The number of piperidine rings is 1. The van der Waals surface area contributed by atoms with Gasteiger partial charge in [-0.25, -0.2) is 0 Å². The highest BCUT2D eigenvalue weighted by Gasteiger charge is 2.26. The zero-order valence-corrected chi connectivity index (χ0v) is 12.4. The zero-order chi connectivity index (χ0) is 14.7. The first-order valence-corrected chi connectivity index (χ1v) is 6.92. The Kier molecular flexibility index (Phi) is 4.57. The van der Waals surface area contributed by atoms with Crippen LogP contribution in [-0.4, -0.2) is 53.9 Å². The van der Waals surface area contributed by atoms with Crippen molar-refractivity contribution in [2.45, 2.75) is 25.8 Å². The minimum atomic E-state index is 0.00246. The molecule has 2 rings (SSSR count). The number of nitrogens with two attached hydrogens (primary N) is 1. The molecular weight excluding hydrogens is 254 g/mol. The minimum Gasteiger partial charge on any atom is -0.338 e. The van der Waals surface area contributed by atoms with Crippen LogP contribution in [0.15, 0.2) is 12.3 Å². The van der Waals surface area contributed by atoms with Crippen molar-refractivity contribution in [3.63, 3.8) is 0 Å². The van der Waals surface area contributed by atoms with E-state index in [1.807, 2.05) is 11.8 Å². The summed E-state index contributed by atoms with van der Waals surface area (Å²) in [6.45, 7) is 3.43. The predicted octanol–water partition coefficient (Wildman–Crippen LogP) is 0.842. The van der Waals surface area contributed by atoms with Crippen LogP contribution in [0, 0.1) is 6.92 Å². The second-order valence-electron chi connectivity index (χ2n) is 5.50. The summed E-state index contributed by atoms with van der Waals surface area (Å²) in [6.07, 6.45) is 3.61. The fraction of sp³-hybridized carbons (Fsp3) is 0.571. The number of hydrogen-bond donors (Lipinski definition) is 2. The van der Waals surface area contributed by atoms with Crippen LogP contribution < -0.4 is 11.3 Å². The van der Waals surface area contributed by atoms with E-state index in [2.05, 4.69) is 29.4 Å². The summed E-state index contributed by atoms with van der Waals surface area (Å²) >= 11 is 0. The van der Waals surface area contributed by atoms with Gasteiger partial charge < -0.3 is 15.2 Å². The van der Waals surface area contributed by atoms with E-state index in [4.69, 9.17) is 5.84 Å². The van der Waals surface area contributed by atoms with E-state index in [-0.39, 0.29) is 5.91 Å². The lowest BCUT2D eigenvalue weighted by molar-refractivity contribution is 0.0664. The molecule has 0 aliphatic carbocycles. The second-order valence-corrected chi connectivity index (χ2v) is 5.50. The highest BCUT2D eigenvalue weighted by atomic mass is 16.2. The topological polar surface area (TPSA) is 74.5 Å². The quantitative estimate of drug-likeness (QED) is 0.632. The number of nitrogens with one attached hydrogen (secondary N) is 1. The standard InChI is InChI=1S/C14H23N5O/c1-10-8-13(17-15)12(9-16-10)14(20)19-6-4-11(5-7-19)18(2)3/h8-9,11H,4-7,15H2,1-3H3,(H,16,17). The maximum absolute atomic E-state index is 12.5. The fourth-order valence-electron chi connectivity index (χ4n) is 2.61. The lowest BCUT2D eigenvalue weighted by atomic mass is 10.0. The average Bonchev–Trinajstić information content (AvgIpc) is 2.46. The van der Waals surface area contributed by atoms with E-state index in [1.54, 1.807) is 12.3 Å². The van der Waals surface area contributed by atoms with E-state index in [1.165, 1.54) is 0 Å². The predicted molar refractivity (Wildman–Crippen MR) is 79.4 cm³/mol. The third-order valence-electron chi connectivity index (χ3n) is 3.91. The number of aromatic nitrogens is 1. The van der Waals surface area contributed by atoms with Crippen molar-refractivity contribution >= 4 is 11.6 Å². The molecule has 1 aliphatic rings. The molecule has 0 atom stereocenters. The van der Waals surface area contributed by atoms with Crippen molar-refractivity contribution in [3.8, 4) is 0 Å². The highest BCUT2D eigenvalue weighted by molar-refractivity contribution is 5.99. The monoisotopic (exact) mass is 277 g/mol. The van der Waals surface area contributed by atoms with Crippen molar-refractivity contribution in [1.82, 2.24) is 14.8 Å². The molecule has 0 unspecified atom stereocenters. The molecule has 3 N–H and O–H groups in total. The zero-order valence-electron chi connectivity index (χ0n) is 12.4. The molecular formula is C14H23N5O. The van der Waals surface area contributed by atoms with Crippen molar-refractivity contribution in [2.24, 2.45) is 5.84 Å². The van der Waals surface area contributed by atoms with Gasteiger partial charge in [0.05, 0.1) is 11.3 Å². The number of aryl methyl sites for hydroxylation is 1. The molecule has 1 fully saturated rings. The number of carbonyl (C=O) groups excluding carboxylic acids is 1. The molecule has 6 heteroatoms. The highest BCUT2D eigenvalue weighted by Crippen LogP contribution is 2.20. The van der Waals surface area contributed by atoms with E-state index in [0.29, 0.717) is 17.3 Å². The largest absolute Gasteiger partial charge is 0.338 e. The Labute approximate surface area is 119 Å². The first kappa shape index (κ1) is 14.7. The number of amides is 1. The number of hydrazine groups is 1. The van der Waals surface area contributed by atoms with Gasteiger partial charge in [-0.05, 0) is 39.9 Å². The Morgan fingerprint density at radius 1 is 1.45 bits per heavy atom. The lowest BCUT2D eigenvalue weighted by Gasteiger charge is -2.35. The molecule has 110 valence electrons. The second kappa shape index (κ2) is 6.19. The van der Waals surface area contributed by atoms with Gasteiger partial charge in [0.15, 0.2) is 0 Å². The van der Waals surface area contributed by atoms with Crippen LogP contribution in [0.5, 0.6) is 0 Å². The maximum Gasteiger partial charge on any atom is 0.257 e. The van der Waals surface area contributed by atoms with E-state index >= 15 is 0 Å². The lowest BCUT2D eigenvalue weighted by Crippen LogP contribution is -2.44. The summed E-state index contributed by atoms with van der Waals surface area (Å²) in [5.74, 6) is 5.50. The SMILES string of the molecule is Cc1cc(NN)c(C(=O)N2CCC(N(C)C)CC2)cn1. The Balaban J connectivity index is 2.09. The third kappa shape index (κ3) is 3.08. The first-order valence-electron chi connectivity index (χ1n) is 6.92. The van der Waals surface area contributed by atoms with Crippen LogP contribution in [-0.2, 0) is 0 Å². The normalized spacial score (nSPS) is 16.6. The summed E-state index contributed by atoms with van der Waals surface area (Å²) in [7, 11) is 4.17. The molecule has 1 aliphatic heterocycles. The maximum atomic E-state index is 12.5. The summed E-state index contributed by atoms with van der Waals surface area (Å²) < 4.78 is 0. The van der Waals surface area contributed by atoms with Crippen LogP contribution in [0.1, 0.15) is 28.9 Å². The molecule has 1 aromatic rings. The van der Waals surface area contributed by atoms with Crippen molar-refractivity contribution in [2.75, 3.05) is 32.6 Å². The summed E-state index contributed by atoms with van der Waals surface area (Å²) in [4.78, 5) is 20.8. The van der Waals surface area contributed by atoms with Crippen molar-refractivity contribution < 1.29 is 4.79 Å². The van der Waals surface area contributed by atoms with Gasteiger partial charge in [0.2, 0.25) is 0 Å². The molecule has 6 nitrogen and oxygen atoms in total. The van der Waals surface area contributed by atoms with E-state index in [0.717, 1.165) is 31.6 Å². The summed E-state index contributed by atoms with van der Waals surface area (Å²) in [5.41, 5.74) is 4.60. The van der Waals surface area contributed by atoms with Crippen LogP contribution in [0.25, 0.3) is 0 Å². The molecule has 0 spiro atoms. The Morgan fingerprint density at radius 2 is 2.10 bits per heavy atom. The Morgan fingerprint density at radius 3 is 2.65 bits per heavy atom. The molecule has 0 radical (unpaired) electrons. The third-order valence-corrected chi connectivity index (χ3v) is 3.91. The van der Waals surface area contributed by atoms with Crippen LogP contribution in [0.2, 0.25) is 0 Å². The molecule has 0 bridgehead atoms. The molecule has 1 amide bonds. The van der Waals surface area contributed by atoms with Gasteiger partial charge in [0.1, 0.15) is 0 Å². The van der Waals surface area contributed by atoms with Gasteiger partial charge in [-0.15, -0.1) is 0 Å². The number of rotatable bonds is 3. The van der Waals surface area contributed by atoms with Crippen molar-refractivity contribution in [1.29, 1.82) is 0 Å². The van der Waals surface area contributed by atoms with Crippen LogP contribution >= 0.6 is 0 Å². The van der Waals surface area contributed by atoms with E-state index in [9.17, 15) is 4.79 Å². The van der Waals surface area contributed by atoms with Crippen molar-refractivity contribution in [3.05, 3.63) is 23.5 Å². The minimum absolute atomic E-state index is 0.00246. The molecule has 1 aromatic heterocycles. The van der Waals surface area contributed by atoms with Gasteiger partial charge in [-0.3, -0.25) is 15.6 Å². The molecule has 2 heterocycles. The van der Waals surface area contributed by atoms with Gasteiger partial charge in [0, 0.05) is 31.0 Å². The number of hydrogen-bond acceptors (Lipinski definition) is 5. The number of carbonyl (C=O) groups is 1. The smallest absolute Gasteiger partial charge is 0.257 e. The number of nitrogens with zero attached hydrogens (tertiary/aromatic N) is 3. The fourth-order valence-corrected chi connectivity index (χ4v) is 2.61. The Hall–Kier alpha value is -1.66. The van der Waals surface area contributed by atoms with Gasteiger partial charge in [0.25, 0.3) is 5.91 Å². The molecule has 1 saturated heterocycles. The Bertz CT molecular complexity index is 480. The number of likely N-dealkylation sites (tertiary alicyclic amines) is 1. The molecule has 0 saturated carbocycles. The average molecular weight is 277 g/mol. The van der Waals surface area contributed by atoms with Crippen LogP contribution in [0.4, 0.5) is 5.69 Å². The van der Waals surface area contributed by atoms with Gasteiger partial charge in [-0.1, -0.05) is 0 Å². The summed E-state index contributed by atoms with van der Waals surface area (Å²) in [6, 6.07) is 2.35.